The molecule has 0 heterocycles. The molecule has 0 bridgehead atoms. The molecule has 0 radical (unpaired) electrons. The maximum atomic E-state index is 11.4. The van der Waals surface area contributed by atoms with Crippen molar-refractivity contribution in [2.75, 3.05) is 12.0 Å². The van der Waals surface area contributed by atoms with Gasteiger partial charge < -0.3 is 9.87 Å². The molecule has 0 aliphatic rings. The topological polar surface area (TPSA) is 52.2 Å². The lowest BCUT2D eigenvalue weighted by Crippen LogP contribution is -2.43. The zero-order valence-electron chi connectivity index (χ0n) is 9.01. The first-order valence-electron chi connectivity index (χ1n) is 4.34. The average molecular weight is 205 g/mol. The maximum Gasteiger partial charge on any atom is 0.225 e. The SMILES string of the molecule is C[C@H](C[S+](C)[O-])NC(=O)C(C)(C)C. The Morgan fingerprint density at radius 3 is 2.31 bits per heavy atom. The van der Waals surface area contributed by atoms with Crippen LogP contribution in [0, 0.1) is 5.41 Å². The Bertz CT molecular complexity index is 175. The second kappa shape index (κ2) is 4.86. The van der Waals surface area contributed by atoms with Gasteiger partial charge in [-0.2, -0.15) is 0 Å². The number of carbonyl (C=O) groups is 1. The molecule has 1 N–H and O–H groups in total. The van der Waals surface area contributed by atoms with Crippen molar-refractivity contribution in [3.8, 4) is 0 Å². The van der Waals surface area contributed by atoms with Crippen LogP contribution in [0.25, 0.3) is 0 Å². The van der Waals surface area contributed by atoms with Gasteiger partial charge in [-0.1, -0.05) is 31.9 Å². The molecule has 0 spiro atoms. The monoisotopic (exact) mass is 205 g/mol. The van der Waals surface area contributed by atoms with E-state index in [4.69, 9.17) is 0 Å². The van der Waals surface area contributed by atoms with Crippen molar-refractivity contribution in [2.24, 2.45) is 5.41 Å². The number of carbonyl (C=O) groups excluding carboxylic acids is 1. The van der Waals surface area contributed by atoms with Crippen LogP contribution in [0.2, 0.25) is 0 Å². The number of hydrogen-bond acceptors (Lipinski definition) is 2. The van der Waals surface area contributed by atoms with Crippen molar-refractivity contribution in [1.29, 1.82) is 0 Å². The normalized spacial score (nSPS) is 16.5. The third kappa shape index (κ3) is 5.93. The summed E-state index contributed by atoms with van der Waals surface area (Å²) in [5, 5.41) is 2.82. The summed E-state index contributed by atoms with van der Waals surface area (Å²) >= 11 is -0.854. The molecule has 0 saturated heterocycles. The average Bonchev–Trinajstić information content (AvgIpc) is 1.82. The summed E-state index contributed by atoms with van der Waals surface area (Å²) in [5.41, 5.74) is -0.372. The molecule has 0 aliphatic heterocycles. The molecular weight excluding hydrogens is 186 g/mol. The minimum atomic E-state index is -0.854. The quantitative estimate of drug-likeness (QED) is 0.696. The van der Waals surface area contributed by atoms with Crippen LogP contribution in [0.1, 0.15) is 27.7 Å². The third-order valence-electron chi connectivity index (χ3n) is 1.54. The van der Waals surface area contributed by atoms with Crippen LogP contribution in [0.5, 0.6) is 0 Å². The summed E-state index contributed by atoms with van der Waals surface area (Å²) < 4.78 is 10.8. The molecular formula is C9H19NO2S. The summed E-state index contributed by atoms with van der Waals surface area (Å²) in [4.78, 5) is 11.4. The summed E-state index contributed by atoms with van der Waals surface area (Å²) in [6.07, 6.45) is 1.64. The Labute approximate surface area is 83.5 Å². The van der Waals surface area contributed by atoms with Crippen molar-refractivity contribution in [2.45, 2.75) is 33.7 Å². The van der Waals surface area contributed by atoms with E-state index in [2.05, 4.69) is 5.32 Å². The van der Waals surface area contributed by atoms with Crippen LogP contribution in [0.4, 0.5) is 0 Å². The van der Waals surface area contributed by atoms with Crippen LogP contribution in [-0.2, 0) is 16.0 Å². The molecule has 0 rings (SSSR count). The van der Waals surface area contributed by atoms with E-state index in [0.29, 0.717) is 5.75 Å². The molecule has 1 amide bonds. The zero-order chi connectivity index (χ0) is 10.6. The van der Waals surface area contributed by atoms with Gasteiger partial charge in [-0.3, -0.25) is 4.79 Å². The molecule has 0 aromatic carbocycles. The van der Waals surface area contributed by atoms with Gasteiger partial charge >= 0.3 is 0 Å². The van der Waals surface area contributed by atoms with Crippen molar-refractivity contribution in [3.63, 3.8) is 0 Å². The van der Waals surface area contributed by atoms with Crippen LogP contribution in [0.3, 0.4) is 0 Å². The van der Waals surface area contributed by atoms with Gasteiger partial charge in [-0.15, -0.1) is 0 Å². The molecule has 3 nitrogen and oxygen atoms in total. The lowest BCUT2D eigenvalue weighted by molar-refractivity contribution is -0.128. The van der Waals surface area contributed by atoms with Crippen LogP contribution >= 0.6 is 0 Å². The second-order valence-electron chi connectivity index (χ2n) is 4.36. The van der Waals surface area contributed by atoms with Gasteiger partial charge in [0.1, 0.15) is 5.75 Å². The molecule has 13 heavy (non-hydrogen) atoms. The largest absolute Gasteiger partial charge is 0.616 e. The Morgan fingerprint density at radius 1 is 1.54 bits per heavy atom. The summed E-state index contributed by atoms with van der Waals surface area (Å²) in [6, 6.07) is -0.0161. The van der Waals surface area contributed by atoms with Crippen molar-refractivity contribution < 1.29 is 9.35 Å². The first-order valence-corrected chi connectivity index (χ1v) is 6.07. The standard InChI is InChI=1S/C9H19NO2S/c1-7(6-13(5)12)10-8(11)9(2,3)4/h7H,6H2,1-5H3,(H,10,11)/t7-,13?/m1/s1. The smallest absolute Gasteiger partial charge is 0.225 e. The highest BCUT2D eigenvalue weighted by atomic mass is 32.2. The van der Waals surface area contributed by atoms with E-state index in [1.54, 1.807) is 6.26 Å². The molecule has 0 fully saturated rings. The molecule has 0 aliphatic carbocycles. The van der Waals surface area contributed by atoms with Crippen LogP contribution in [-0.4, -0.2) is 28.5 Å². The fourth-order valence-corrected chi connectivity index (χ4v) is 1.62. The van der Waals surface area contributed by atoms with Gasteiger partial charge in [0, 0.05) is 5.41 Å². The molecule has 1 unspecified atom stereocenters. The maximum absolute atomic E-state index is 11.4. The summed E-state index contributed by atoms with van der Waals surface area (Å²) in [7, 11) is 0. The minimum Gasteiger partial charge on any atom is -0.616 e. The Morgan fingerprint density at radius 2 is 2.00 bits per heavy atom. The Hall–Kier alpha value is -0.220. The van der Waals surface area contributed by atoms with E-state index in [-0.39, 0.29) is 17.4 Å². The third-order valence-corrected chi connectivity index (χ3v) is 2.51. The van der Waals surface area contributed by atoms with Gasteiger partial charge in [0.2, 0.25) is 5.91 Å². The molecule has 0 aromatic heterocycles. The summed E-state index contributed by atoms with van der Waals surface area (Å²) in [6.45, 7) is 7.44. The highest BCUT2D eigenvalue weighted by Gasteiger charge is 2.23. The number of rotatable bonds is 3. The number of hydrogen-bond donors (Lipinski definition) is 1. The number of amides is 1. The molecule has 2 atom stereocenters. The van der Waals surface area contributed by atoms with Gasteiger partial charge in [0.25, 0.3) is 0 Å². The molecule has 0 saturated carbocycles. The Kier molecular flexibility index (Phi) is 4.78. The predicted molar refractivity (Wildman–Crippen MR) is 56.0 cm³/mol. The van der Waals surface area contributed by atoms with Gasteiger partial charge in [-0.25, -0.2) is 0 Å². The van der Waals surface area contributed by atoms with Gasteiger partial charge in [0.05, 0.1) is 12.3 Å². The second-order valence-corrected chi connectivity index (χ2v) is 5.84. The van der Waals surface area contributed by atoms with Crippen molar-refractivity contribution >= 4 is 17.1 Å². The lowest BCUT2D eigenvalue weighted by atomic mass is 9.95. The van der Waals surface area contributed by atoms with Crippen LogP contribution in [0.15, 0.2) is 0 Å². The highest BCUT2D eigenvalue weighted by molar-refractivity contribution is 7.90. The molecule has 78 valence electrons. The first-order chi connectivity index (χ1) is 5.73. The lowest BCUT2D eigenvalue weighted by Gasteiger charge is -2.21. The van der Waals surface area contributed by atoms with E-state index >= 15 is 0 Å². The van der Waals surface area contributed by atoms with E-state index in [0.717, 1.165) is 0 Å². The van der Waals surface area contributed by atoms with Gasteiger partial charge in [-0.05, 0) is 6.92 Å². The first kappa shape index (κ1) is 12.8. The highest BCUT2D eigenvalue weighted by Crippen LogP contribution is 2.12. The fourth-order valence-electron chi connectivity index (χ4n) is 0.834. The Balaban J connectivity index is 3.93. The minimum absolute atomic E-state index is 0.00505. The number of nitrogens with one attached hydrogen (secondary N) is 1. The summed E-state index contributed by atoms with van der Waals surface area (Å²) in [5.74, 6) is 0.521. The molecule has 4 heteroatoms. The van der Waals surface area contributed by atoms with Crippen LogP contribution < -0.4 is 5.32 Å². The van der Waals surface area contributed by atoms with E-state index in [1.807, 2.05) is 27.7 Å². The van der Waals surface area contributed by atoms with Gasteiger partial charge in [0.15, 0.2) is 0 Å². The van der Waals surface area contributed by atoms with Crippen molar-refractivity contribution in [1.82, 2.24) is 5.32 Å². The fraction of sp³-hybridized carbons (Fsp3) is 0.889. The van der Waals surface area contributed by atoms with Crippen molar-refractivity contribution in [3.05, 3.63) is 0 Å². The zero-order valence-corrected chi connectivity index (χ0v) is 9.83. The predicted octanol–water partition coefficient (Wildman–Crippen LogP) is 0.916. The van der Waals surface area contributed by atoms with E-state index in [1.165, 1.54) is 0 Å². The molecule has 0 aromatic rings. The van der Waals surface area contributed by atoms with E-state index in [9.17, 15) is 9.35 Å². The van der Waals surface area contributed by atoms with E-state index < -0.39 is 11.2 Å².